The highest BCUT2D eigenvalue weighted by molar-refractivity contribution is 8.02. The van der Waals surface area contributed by atoms with Gasteiger partial charge in [0.05, 0.1) is 5.75 Å². The predicted octanol–water partition coefficient (Wildman–Crippen LogP) is 11.0. The van der Waals surface area contributed by atoms with Gasteiger partial charge in [0, 0.05) is 36.0 Å². The monoisotopic (exact) mass is 572 g/mol. The SMILES string of the molecule is CC(C)CC#CCCSC(C)C.CC(C)CC#CCSCC(C)C.CC(C)CSC/C=C\SC(C)C. The Hall–Kier alpha value is 0.260. The second-order valence-electron chi connectivity index (χ2n) is 11.0. The molecule has 0 rings (SSSR count). The lowest BCUT2D eigenvalue weighted by molar-refractivity contribution is 0.675. The Balaban J connectivity index is -0.000000454. The molecule has 0 saturated heterocycles. The zero-order valence-electron chi connectivity index (χ0n) is 25.9. The van der Waals surface area contributed by atoms with Crippen molar-refractivity contribution in [2.24, 2.45) is 23.7 Å². The van der Waals surface area contributed by atoms with Crippen molar-refractivity contribution in [3.05, 3.63) is 11.5 Å². The molecule has 0 aliphatic heterocycles. The highest BCUT2D eigenvalue weighted by atomic mass is 32.2. The minimum atomic E-state index is 0.715. The summed E-state index contributed by atoms with van der Waals surface area (Å²) in [6.07, 6.45) is 5.40. The summed E-state index contributed by atoms with van der Waals surface area (Å²) in [6.45, 7) is 26.7. The molecular weight excluding hydrogens is 513 g/mol. The van der Waals surface area contributed by atoms with Crippen molar-refractivity contribution in [3.63, 3.8) is 0 Å². The molecule has 212 valence electrons. The molecule has 0 atom stereocenters. The Morgan fingerprint density at radius 3 is 1.58 bits per heavy atom. The van der Waals surface area contributed by atoms with E-state index in [0.29, 0.717) is 5.92 Å². The Morgan fingerprint density at radius 1 is 0.583 bits per heavy atom. The van der Waals surface area contributed by atoms with Crippen molar-refractivity contribution in [1.82, 2.24) is 0 Å². The van der Waals surface area contributed by atoms with Crippen LogP contribution < -0.4 is 0 Å². The topological polar surface area (TPSA) is 0 Å². The molecule has 0 heterocycles. The lowest BCUT2D eigenvalue weighted by Crippen LogP contribution is -1.90. The summed E-state index contributed by atoms with van der Waals surface area (Å²) < 4.78 is 0. The van der Waals surface area contributed by atoms with E-state index in [1.54, 1.807) is 0 Å². The van der Waals surface area contributed by atoms with E-state index in [0.717, 1.165) is 59.0 Å². The Morgan fingerprint density at radius 2 is 1.11 bits per heavy atom. The van der Waals surface area contributed by atoms with E-state index in [2.05, 4.69) is 118 Å². The summed E-state index contributed by atoms with van der Waals surface area (Å²) in [5, 5.41) is 3.69. The van der Waals surface area contributed by atoms with Crippen LogP contribution in [0, 0.1) is 47.4 Å². The Kier molecular flexibility index (Phi) is 35.6. The summed E-state index contributed by atoms with van der Waals surface area (Å²) in [4.78, 5) is 0. The molecule has 0 bridgehead atoms. The van der Waals surface area contributed by atoms with Crippen molar-refractivity contribution in [1.29, 1.82) is 0 Å². The fourth-order valence-electron chi connectivity index (χ4n) is 2.01. The van der Waals surface area contributed by atoms with E-state index in [-0.39, 0.29) is 0 Å². The fraction of sp³-hybridized carbons (Fsp3) is 0.812. The zero-order chi connectivity index (χ0) is 28.2. The van der Waals surface area contributed by atoms with Crippen LogP contribution in [-0.2, 0) is 0 Å². The maximum atomic E-state index is 3.20. The van der Waals surface area contributed by atoms with E-state index in [1.165, 1.54) is 17.3 Å². The predicted molar refractivity (Wildman–Crippen MR) is 183 cm³/mol. The molecule has 0 fully saturated rings. The number of rotatable bonds is 14. The summed E-state index contributed by atoms with van der Waals surface area (Å²) in [7, 11) is 0. The largest absolute Gasteiger partial charge is 0.158 e. The lowest BCUT2D eigenvalue weighted by Gasteiger charge is -2.01. The van der Waals surface area contributed by atoms with Gasteiger partial charge in [-0.1, -0.05) is 95.1 Å². The van der Waals surface area contributed by atoms with Crippen molar-refractivity contribution in [2.45, 2.75) is 113 Å². The molecule has 0 aromatic rings. The molecule has 0 aromatic carbocycles. The van der Waals surface area contributed by atoms with E-state index >= 15 is 0 Å². The van der Waals surface area contributed by atoms with Crippen molar-refractivity contribution >= 4 is 47.0 Å². The van der Waals surface area contributed by atoms with Gasteiger partial charge in [-0.2, -0.15) is 23.5 Å². The van der Waals surface area contributed by atoms with Gasteiger partial charge in [-0.3, -0.25) is 0 Å². The molecule has 0 spiro atoms. The van der Waals surface area contributed by atoms with Crippen LogP contribution in [0.15, 0.2) is 11.5 Å². The molecule has 0 unspecified atom stereocenters. The molecule has 0 aliphatic rings. The van der Waals surface area contributed by atoms with Crippen LogP contribution in [0.25, 0.3) is 0 Å². The van der Waals surface area contributed by atoms with E-state index in [1.807, 2.05) is 47.0 Å². The summed E-state index contributed by atoms with van der Waals surface area (Å²) in [5.74, 6) is 21.7. The standard InChI is InChI=1S/2C11H20S.C10H20S2/c1-10(2)7-5-6-8-12-9-11(3)4;1-10(2)8-6-5-7-9-12-11(3)4;1-9(2)8-11-6-5-7-12-10(3)4/h2*10-11H,7-9H2,1-4H3;5,7,9-10H,6,8H2,1-4H3/b;;7-5-. The van der Waals surface area contributed by atoms with E-state index in [4.69, 9.17) is 0 Å². The van der Waals surface area contributed by atoms with Gasteiger partial charge in [0.15, 0.2) is 0 Å². The third-order valence-corrected chi connectivity index (χ3v) is 8.27. The molecule has 0 N–H and O–H groups in total. The molecule has 4 heteroatoms. The lowest BCUT2D eigenvalue weighted by atomic mass is 10.1. The van der Waals surface area contributed by atoms with Crippen LogP contribution in [0.3, 0.4) is 0 Å². The first-order valence-electron chi connectivity index (χ1n) is 13.9. The number of thioether (sulfide) groups is 4. The van der Waals surface area contributed by atoms with Gasteiger partial charge >= 0.3 is 0 Å². The van der Waals surface area contributed by atoms with E-state index < -0.39 is 0 Å². The van der Waals surface area contributed by atoms with Gasteiger partial charge in [-0.05, 0) is 45.8 Å². The number of hydrogen-bond acceptors (Lipinski definition) is 4. The second kappa shape index (κ2) is 31.5. The van der Waals surface area contributed by atoms with Gasteiger partial charge in [0.2, 0.25) is 0 Å². The highest BCUT2D eigenvalue weighted by Crippen LogP contribution is 2.13. The van der Waals surface area contributed by atoms with Crippen molar-refractivity contribution in [3.8, 4) is 23.7 Å². The third-order valence-electron chi connectivity index (χ3n) is 3.69. The first kappa shape index (κ1) is 40.8. The van der Waals surface area contributed by atoms with Crippen LogP contribution in [0.4, 0.5) is 0 Å². The minimum absolute atomic E-state index is 0.715. The van der Waals surface area contributed by atoms with Gasteiger partial charge in [0.25, 0.3) is 0 Å². The third kappa shape index (κ3) is 51.0. The van der Waals surface area contributed by atoms with Crippen LogP contribution in [-0.4, -0.2) is 39.3 Å². The molecule has 36 heavy (non-hydrogen) atoms. The Bertz CT molecular complexity index is 543. The van der Waals surface area contributed by atoms with E-state index in [9.17, 15) is 0 Å². The van der Waals surface area contributed by atoms with Crippen LogP contribution in [0.2, 0.25) is 0 Å². The maximum absolute atomic E-state index is 3.20. The van der Waals surface area contributed by atoms with Gasteiger partial charge in [0.1, 0.15) is 0 Å². The van der Waals surface area contributed by atoms with Crippen molar-refractivity contribution < 1.29 is 0 Å². The Labute approximate surface area is 246 Å². The molecule has 0 nitrogen and oxygen atoms in total. The van der Waals surface area contributed by atoms with Gasteiger partial charge < -0.3 is 0 Å². The van der Waals surface area contributed by atoms with Crippen LogP contribution in [0.1, 0.15) is 102 Å². The molecule has 0 aromatic heterocycles. The highest BCUT2D eigenvalue weighted by Gasteiger charge is 1.93. The van der Waals surface area contributed by atoms with Gasteiger partial charge in [-0.15, -0.1) is 41.3 Å². The minimum Gasteiger partial charge on any atom is -0.158 e. The maximum Gasteiger partial charge on any atom is 0.0547 e. The zero-order valence-corrected chi connectivity index (χ0v) is 29.2. The average Bonchev–Trinajstić information content (AvgIpc) is 2.75. The van der Waals surface area contributed by atoms with Crippen molar-refractivity contribution in [2.75, 3.05) is 28.8 Å². The first-order chi connectivity index (χ1) is 16.9. The first-order valence-corrected chi connectivity index (χ1v) is 18.2. The number of hydrogen-bond donors (Lipinski definition) is 0. The second-order valence-corrected chi connectivity index (χ2v) is 16.2. The molecule has 0 aliphatic carbocycles. The average molecular weight is 573 g/mol. The van der Waals surface area contributed by atoms with Crippen LogP contribution in [0.5, 0.6) is 0 Å². The summed E-state index contributed by atoms with van der Waals surface area (Å²) in [6, 6.07) is 0. The molecule has 0 saturated carbocycles. The summed E-state index contributed by atoms with van der Waals surface area (Å²) in [5.41, 5.74) is 0. The fourth-order valence-corrected chi connectivity index (χ4v) is 4.98. The molecular formula is C32H60S4. The van der Waals surface area contributed by atoms with Crippen LogP contribution >= 0.6 is 47.0 Å². The summed E-state index contributed by atoms with van der Waals surface area (Å²) >= 11 is 7.84. The normalized spacial score (nSPS) is 10.8. The molecule has 0 amide bonds. The quantitative estimate of drug-likeness (QED) is 0.150. The van der Waals surface area contributed by atoms with Gasteiger partial charge in [-0.25, -0.2) is 0 Å². The molecule has 0 radical (unpaired) electrons. The smallest absolute Gasteiger partial charge is 0.0547 e.